The Morgan fingerprint density at radius 2 is 2.19 bits per heavy atom. The van der Waals surface area contributed by atoms with Crippen molar-refractivity contribution >= 4 is 18.1 Å². The summed E-state index contributed by atoms with van der Waals surface area (Å²) in [5.74, 6) is -0.354. The highest BCUT2D eigenvalue weighted by atomic mass is 32.2. The largest absolute Gasteiger partial charge is 0.507 e. The van der Waals surface area contributed by atoms with Crippen LogP contribution in [0.25, 0.3) is 0 Å². The monoisotopic (exact) mass is 245 g/mol. The fourth-order valence-corrected chi connectivity index (χ4v) is 1.36. The van der Waals surface area contributed by atoms with Gasteiger partial charge >= 0.3 is 0 Å². The van der Waals surface area contributed by atoms with Crippen LogP contribution in [0.15, 0.2) is 28.1 Å². The summed E-state index contributed by atoms with van der Waals surface area (Å²) in [4.78, 5) is 3.73. The molecule has 1 aromatic rings. The molecule has 0 aliphatic carbocycles. The maximum atomic E-state index is 12.2. The number of rotatable bonds is 4. The van der Waals surface area contributed by atoms with Gasteiger partial charge in [-0.15, -0.1) is 0 Å². The number of aliphatic hydroxyl groups excluding tert-OH is 1. The van der Waals surface area contributed by atoms with Gasteiger partial charge in [0, 0.05) is 0 Å². The van der Waals surface area contributed by atoms with E-state index in [0.29, 0.717) is 5.56 Å². The number of benzene rings is 1. The van der Waals surface area contributed by atoms with Gasteiger partial charge in [0.1, 0.15) is 5.75 Å². The van der Waals surface area contributed by atoms with Crippen molar-refractivity contribution < 1.29 is 14.1 Å². The molecule has 1 rings (SSSR count). The number of nitrogens with two attached hydrogens (primary N) is 2. The minimum absolute atomic E-state index is 0.0100. The van der Waals surface area contributed by atoms with Crippen molar-refractivity contribution in [2.45, 2.75) is 11.0 Å². The summed E-state index contributed by atoms with van der Waals surface area (Å²) in [7, 11) is 0. The van der Waals surface area contributed by atoms with E-state index in [1.807, 2.05) is 0 Å². The van der Waals surface area contributed by atoms with E-state index >= 15 is 0 Å². The van der Waals surface area contributed by atoms with Crippen LogP contribution in [0, 0.1) is 0 Å². The van der Waals surface area contributed by atoms with Gasteiger partial charge in [0.05, 0.1) is 29.7 Å². The summed E-state index contributed by atoms with van der Waals surface area (Å²) in [5.41, 5.74) is 10.6. The molecule has 16 heavy (non-hydrogen) atoms. The van der Waals surface area contributed by atoms with Gasteiger partial charge in [-0.25, -0.2) is 0 Å². The van der Waals surface area contributed by atoms with Crippen molar-refractivity contribution in [2.24, 2.45) is 16.5 Å². The molecule has 1 atom stereocenters. The van der Waals surface area contributed by atoms with Crippen LogP contribution in [0.4, 0.5) is 3.89 Å². The number of hydrogen-bond donors (Lipinski definition) is 4. The van der Waals surface area contributed by atoms with E-state index in [9.17, 15) is 14.1 Å². The van der Waals surface area contributed by atoms with Crippen molar-refractivity contribution in [1.82, 2.24) is 0 Å². The summed E-state index contributed by atoms with van der Waals surface area (Å²) in [5, 5.41) is 19.0. The molecule has 0 aromatic heterocycles. The van der Waals surface area contributed by atoms with Gasteiger partial charge in [0.15, 0.2) is 5.96 Å². The molecule has 0 amide bonds. The third-order valence-electron chi connectivity index (χ3n) is 1.90. The quantitative estimate of drug-likeness (QED) is 0.461. The number of phenolic OH excluding ortho intramolecular Hbond substituents is 1. The van der Waals surface area contributed by atoms with Crippen LogP contribution in [0.2, 0.25) is 0 Å². The van der Waals surface area contributed by atoms with Gasteiger partial charge in [0.2, 0.25) is 0 Å². The molecule has 0 bridgehead atoms. The highest BCUT2D eigenvalue weighted by molar-refractivity contribution is 7.94. The number of aromatic hydroxyl groups is 1. The van der Waals surface area contributed by atoms with Gasteiger partial charge in [0.25, 0.3) is 0 Å². The lowest BCUT2D eigenvalue weighted by atomic mass is 10.1. The second-order valence-electron chi connectivity index (χ2n) is 3.09. The predicted octanol–water partition coefficient (Wildman–Crippen LogP) is 0.676. The Bertz CT molecular complexity index is 396. The number of halogens is 1. The summed E-state index contributed by atoms with van der Waals surface area (Å²) in [6, 6.07) is 4.14. The van der Waals surface area contributed by atoms with Gasteiger partial charge in [-0.05, 0) is 17.7 Å². The van der Waals surface area contributed by atoms with Crippen molar-refractivity contribution in [1.29, 1.82) is 0 Å². The molecule has 0 saturated heterocycles. The first kappa shape index (κ1) is 12.6. The third-order valence-corrected chi connectivity index (χ3v) is 2.41. The standard InChI is InChI=1S/C9H12FN3O2S/c10-16-8-2-1-5(3-6(8)14)7(15)4-13-9(11)12/h1-3,7,14-15H,4H2,(H4,11,12,13)/t7-/m0/s1. The Balaban J connectivity index is 2.80. The van der Waals surface area contributed by atoms with E-state index in [2.05, 4.69) is 4.99 Å². The number of phenols is 1. The molecule has 0 spiro atoms. The summed E-state index contributed by atoms with van der Waals surface area (Å²) < 4.78 is 12.2. The van der Waals surface area contributed by atoms with E-state index in [1.165, 1.54) is 18.2 Å². The molecule has 0 radical (unpaired) electrons. The van der Waals surface area contributed by atoms with Crippen molar-refractivity contribution in [2.75, 3.05) is 6.54 Å². The van der Waals surface area contributed by atoms with Crippen molar-refractivity contribution in [3.63, 3.8) is 0 Å². The van der Waals surface area contributed by atoms with Crippen LogP contribution in [0.5, 0.6) is 5.75 Å². The Morgan fingerprint density at radius 1 is 1.50 bits per heavy atom. The van der Waals surface area contributed by atoms with Crippen LogP contribution >= 0.6 is 12.1 Å². The van der Waals surface area contributed by atoms with Crippen molar-refractivity contribution in [3.8, 4) is 5.75 Å². The maximum Gasteiger partial charge on any atom is 0.186 e. The zero-order chi connectivity index (χ0) is 12.1. The maximum absolute atomic E-state index is 12.2. The van der Waals surface area contributed by atoms with Gasteiger partial charge in [-0.2, -0.15) is 3.89 Å². The molecule has 0 heterocycles. The molecule has 0 saturated carbocycles. The summed E-state index contributed by atoms with van der Waals surface area (Å²) in [6.07, 6.45) is -0.938. The molecule has 0 aliphatic rings. The average Bonchev–Trinajstić information content (AvgIpc) is 2.25. The van der Waals surface area contributed by atoms with E-state index < -0.39 is 6.10 Å². The minimum Gasteiger partial charge on any atom is -0.507 e. The number of aliphatic hydroxyl groups is 1. The molecule has 0 aliphatic heterocycles. The second kappa shape index (κ2) is 5.57. The SMILES string of the molecule is NC(N)=NC[C@H](O)c1ccc(SF)c(O)c1. The smallest absolute Gasteiger partial charge is 0.186 e. The van der Waals surface area contributed by atoms with Crippen LogP contribution in [-0.4, -0.2) is 22.7 Å². The summed E-state index contributed by atoms with van der Waals surface area (Å²) >= 11 is -0.0651. The molecule has 0 unspecified atom stereocenters. The number of hydrogen-bond acceptors (Lipinski definition) is 4. The lowest BCUT2D eigenvalue weighted by molar-refractivity contribution is 0.186. The molecule has 7 heteroatoms. The molecule has 1 aromatic carbocycles. The highest BCUT2D eigenvalue weighted by Gasteiger charge is 2.10. The van der Waals surface area contributed by atoms with E-state index in [0.717, 1.165) is 0 Å². The molecule has 88 valence electrons. The lowest BCUT2D eigenvalue weighted by Gasteiger charge is -2.09. The lowest BCUT2D eigenvalue weighted by Crippen LogP contribution is -2.23. The van der Waals surface area contributed by atoms with Gasteiger partial charge < -0.3 is 21.7 Å². The number of aliphatic imine (C=N–C) groups is 1. The van der Waals surface area contributed by atoms with Crippen LogP contribution in [0.1, 0.15) is 11.7 Å². The highest BCUT2D eigenvalue weighted by Crippen LogP contribution is 2.31. The Labute approximate surface area is 96.3 Å². The topological polar surface area (TPSA) is 105 Å². The first-order valence-corrected chi connectivity index (χ1v) is 5.11. The summed E-state index contributed by atoms with van der Waals surface area (Å²) in [6.45, 7) is -0.0100. The molecule has 5 nitrogen and oxygen atoms in total. The Hall–Kier alpha value is -1.47. The number of nitrogens with zero attached hydrogens (tertiary/aromatic N) is 1. The number of guanidine groups is 1. The molecular formula is C9H12FN3O2S. The molecule has 0 fully saturated rings. The van der Waals surface area contributed by atoms with E-state index in [4.69, 9.17) is 11.5 Å². The normalized spacial score (nSPS) is 12.1. The van der Waals surface area contributed by atoms with Crippen LogP contribution in [0.3, 0.4) is 0 Å². The second-order valence-corrected chi connectivity index (χ2v) is 3.68. The Kier molecular flexibility index (Phi) is 4.39. The predicted molar refractivity (Wildman–Crippen MR) is 60.7 cm³/mol. The third kappa shape index (κ3) is 3.28. The van der Waals surface area contributed by atoms with Crippen LogP contribution < -0.4 is 11.5 Å². The minimum atomic E-state index is -0.938. The fraction of sp³-hybridized carbons (Fsp3) is 0.222. The van der Waals surface area contributed by atoms with Crippen molar-refractivity contribution in [3.05, 3.63) is 23.8 Å². The average molecular weight is 245 g/mol. The Morgan fingerprint density at radius 3 is 2.69 bits per heavy atom. The molecule has 6 N–H and O–H groups in total. The van der Waals surface area contributed by atoms with E-state index in [1.54, 1.807) is 0 Å². The van der Waals surface area contributed by atoms with Crippen LogP contribution in [-0.2, 0) is 0 Å². The first-order valence-electron chi connectivity index (χ1n) is 4.39. The zero-order valence-electron chi connectivity index (χ0n) is 8.30. The fourth-order valence-electron chi connectivity index (χ4n) is 1.10. The van der Waals surface area contributed by atoms with Gasteiger partial charge in [-0.3, -0.25) is 4.99 Å². The zero-order valence-corrected chi connectivity index (χ0v) is 9.12. The van der Waals surface area contributed by atoms with E-state index in [-0.39, 0.29) is 35.3 Å². The van der Waals surface area contributed by atoms with Gasteiger partial charge in [-0.1, -0.05) is 6.07 Å². The molecular weight excluding hydrogens is 233 g/mol. The first-order chi connectivity index (χ1) is 7.54.